The van der Waals surface area contributed by atoms with Crippen molar-refractivity contribution in [2.45, 2.75) is 12.3 Å². The van der Waals surface area contributed by atoms with Crippen LogP contribution in [0, 0.1) is 11.3 Å². The van der Waals surface area contributed by atoms with Gasteiger partial charge in [0.15, 0.2) is 0 Å². The molecule has 1 amide bonds. The summed E-state index contributed by atoms with van der Waals surface area (Å²) in [6.45, 7) is 0.440. The van der Waals surface area contributed by atoms with Gasteiger partial charge in [-0.1, -0.05) is 35.9 Å². The molecule has 0 saturated carbocycles. The zero-order chi connectivity index (χ0) is 15.8. The SMILES string of the molecule is N#Cc1cccc(CNC(=O)CSCc2ccc(Cl)cc2)c1. The normalized spacial score (nSPS) is 10.0. The van der Waals surface area contributed by atoms with E-state index in [0.717, 1.165) is 16.9 Å². The summed E-state index contributed by atoms with van der Waals surface area (Å²) in [5, 5.41) is 12.4. The Bertz CT molecular complexity index is 680. The van der Waals surface area contributed by atoms with Crippen molar-refractivity contribution in [3.8, 4) is 6.07 Å². The smallest absolute Gasteiger partial charge is 0.230 e. The lowest BCUT2D eigenvalue weighted by Crippen LogP contribution is -2.24. The van der Waals surface area contributed by atoms with Gasteiger partial charge in [0.2, 0.25) is 5.91 Å². The first-order valence-electron chi connectivity index (χ1n) is 6.75. The van der Waals surface area contributed by atoms with Gasteiger partial charge < -0.3 is 5.32 Å². The molecule has 0 unspecified atom stereocenters. The average molecular weight is 331 g/mol. The van der Waals surface area contributed by atoms with Crippen molar-refractivity contribution in [1.29, 1.82) is 5.26 Å². The topological polar surface area (TPSA) is 52.9 Å². The number of thioether (sulfide) groups is 1. The van der Waals surface area contributed by atoms with Gasteiger partial charge in [-0.25, -0.2) is 0 Å². The van der Waals surface area contributed by atoms with Crippen LogP contribution in [0.3, 0.4) is 0 Å². The highest BCUT2D eigenvalue weighted by Crippen LogP contribution is 2.15. The second kappa shape index (κ2) is 8.47. The number of halogens is 1. The molecular formula is C17H15ClN2OS. The van der Waals surface area contributed by atoms with Crippen LogP contribution in [0.1, 0.15) is 16.7 Å². The van der Waals surface area contributed by atoms with Gasteiger partial charge in [-0.15, -0.1) is 11.8 Å². The number of hydrogen-bond donors (Lipinski definition) is 1. The first kappa shape index (κ1) is 16.4. The molecule has 0 aliphatic carbocycles. The number of carbonyl (C=O) groups excluding carboxylic acids is 1. The third-order valence-corrected chi connectivity index (χ3v) is 4.22. The number of nitriles is 1. The molecule has 0 fully saturated rings. The van der Waals surface area contributed by atoms with Crippen LogP contribution in [0.5, 0.6) is 0 Å². The average Bonchev–Trinajstić information content (AvgIpc) is 2.55. The molecule has 0 atom stereocenters. The van der Waals surface area contributed by atoms with Crippen LogP contribution in [0.25, 0.3) is 0 Å². The van der Waals surface area contributed by atoms with Crippen LogP contribution in [-0.4, -0.2) is 11.7 Å². The molecule has 0 saturated heterocycles. The summed E-state index contributed by atoms with van der Waals surface area (Å²) < 4.78 is 0. The molecule has 3 nitrogen and oxygen atoms in total. The molecule has 1 N–H and O–H groups in total. The van der Waals surface area contributed by atoms with E-state index in [9.17, 15) is 4.79 Å². The van der Waals surface area contributed by atoms with E-state index in [2.05, 4.69) is 11.4 Å². The second-order valence-corrected chi connectivity index (χ2v) is 6.13. The van der Waals surface area contributed by atoms with Crippen LogP contribution in [-0.2, 0) is 17.1 Å². The minimum Gasteiger partial charge on any atom is -0.351 e. The second-order valence-electron chi connectivity index (χ2n) is 4.71. The molecule has 0 bridgehead atoms. The number of benzene rings is 2. The monoisotopic (exact) mass is 330 g/mol. The number of carbonyl (C=O) groups is 1. The predicted molar refractivity (Wildman–Crippen MR) is 90.6 cm³/mol. The fourth-order valence-electron chi connectivity index (χ4n) is 1.84. The highest BCUT2D eigenvalue weighted by molar-refractivity contribution is 7.99. The van der Waals surface area contributed by atoms with Gasteiger partial charge in [-0.05, 0) is 35.4 Å². The maximum Gasteiger partial charge on any atom is 0.230 e. The Morgan fingerprint density at radius 1 is 1.18 bits per heavy atom. The van der Waals surface area contributed by atoms with Crippen LogP contribution >= 0.6 is 23.4 Å². The third kappa shape index (κ3) is 5.44. The highest BCUT2D eigenvalue weighted by Gasteiger charge is 2.03. The summed E-state index contributed by atoms with van der Waals surface area (Å²) in [7, 11) is 0. The molecule has 112 valence electrons. The zero-order valence-electron chi connectivity index (χ0n) is 11.9. The van der Waals surface area contributed by atoms with Gasteiger partial charge in [0.1, 0.15) is 0 Å². The Balaban J connectivity index is 1.71. The van der Waals surface area contributed by atoms with Crippen molar-refractivity contribution in [3.63, 3.8) is 0 Å². The van der Waals surface area contributed by atoms with Gasteiger partial charge in [-0.2, -0.15) is 5.26 Å². The lowest BCUT2D eigenvalue weighted by atomic mass is 10.1. The Morgan fingerprint density at radius 3 is 2.68 bits per heavy atom. The van der Waals surface area contributed by atoms with E-state index in [0.29, 0.717) is 22.9 Å². The summed E-state index contributed by atoms with van der Waals surface area (Å²) in [6, 6.07) is 16.9. The van der Waals surface area contributed by atoms with Crippen molar-refractivity contribution < 1.29 is 4.79 Å². The van der Waals surface area contributed by atoms with E-state index in [1.165, 1.54) is 0 Å². The molecule has 2 rings (SSSR count). The molecule has 0 heterocycles. The van der Waals surface area contributed by atoms with E-state index in [1.807, 2.05) is 36.4 Å². The Labute approximate surface area is 139 Å². The number of nitrogens with zero attached hydrogens (tertiary/aromatic N) is 1. The first-order valence-corrected chi connectivity index (χ1v) is 8.28. The summed E-state index contributed by atoms with van der Waals surface area (Å²) in [4.78, 5) is 11.8. The third-order valence-electron chi connectivity index (χ3n) is 2.96. The molecule has 0 radical (unpaired) electrons. The Kier molecular flexibility index (Phi) is 6.32. The lowest BCUT2D eigenvalue weighted by molar-refractivity contribution is -0.118. The maximum atomic E-state index is 11.8. The van der Waals surface area contributed by atoms with Crippen molar-refractivity contribution in [1.82, 2.24) is 5.32 Å². The number of hydrogen-bond acceptors (Lipinski definition) is 3. The van der Waals surface area contributed by atoms with Gasteiger partial charge in [0.05, 0.1) is 17.4 Å². The molecule has 0 aliphatic rings. The van der Waals surface area contributed by atoms with Crippen LogP contribution < -0.4 is 5.32 Å². The summed E-state index contributed by atoms with van der Waals surface area (Å²) in [5.41, 5.74) is 2.67. The van der Waals surface area contributed by atoms with Crippen molar-refractivity contribution in [2.24, 2.45) is 0 Å². The van der Waals surface area contributed by atoms with E-state index in [1.54, 1.807) is 23.9 Å². The molecule has 5 heteroatoms. The fraction of sp³-hybridized carbons (Fsp3) is 0.176. The summed E-state index contributed by atoms with van der Waals surface area (Å²) in [5.74, 6) is 1.16. The van der Waals surface area contributed by atoms with E-state index >= 15 is 0 Å². The predicted octanol–water partition coefficient (Wildman–Crippen LogP) is 3.76. The quantitative estimate of drug-likeness (QED) is 0.877. The molecule has 22 heavy (non-hydrogen) atoms. The van der Waals surface area contributed by atoms with Crippen molar-refractivity contribution >= 4 is 29.3 Å². The molecule has 2 aromatic carbocycles. The van der Waals surface area contributed by atoms with E-state index < -0.39 is 0 Å². The Hall–Kier alpha value is -1.96. The van der Waals surface area contributed by atoms with Crippen molar-refractivity contribution in [3.05, 3.63) is 70.2 Å². The van der Waals surface area contributed by atoms with Crippen molar-refractivity contribution in [2.75, 3.05) is 5.75 Å². The fourth-order valence-corrected chi connectivity index (χ4v) is 2.79. The number of rotatable bonds is 6. The van der Waals surface area contributed by atoms with Crippen LogP contribution in [0.15, 0.2) is 48.5 Å². The molecule has 0 spiro atoms. The van der Waals surface area contributed by atoms with Gasteiger partial charge in [-0.3, -0.25) is 4.79 Å². The van der Waals surface area contributed by atoms with Gasteiger partial charge in [0, 0.05) is 17.3 Å². The first-order chi connectivity index (χ1) is 10.7. The lowest BCUT2D eigenvalue weighted by Gasteiger charge is -2.06. The molecule has 0 aliphatic heterocycles. The summed E-state index contributed by atoms with van der Waals surface area (Å²) in [6.07, 6.45) is 0. The van der Waals surface area contributed by atoms with E-state index in [4.69, 9.17) is 16.9 Å². The number of amides is 1. The van der Waals surface area contributed by atoms with Gasteiger partial charge >= 0.3 is 0 Å². The zero-order valence-corrected chi connectivity index (χ0v) is 13.5. The Morgan fingerprint density at radius 2 is 1.95 bits per heavy atom. The molecular weight excluding hydrogens is 316 g/mol. The molecule has 0 aromatic heterocycles. The summed E-state index contributed by atoms with van der Waals surface area (Å²) >= 11 is 7.38. The van der Waals surface area contributed by atoms with Crippen LogP contribution in [0.4, 0.5) is 0 Å². The van der Waals surface area contributed by atoms with E-state index in [-0.39, 0.29) is 5.91 Å². The largest absolute Gasteiger partial charge is 0.351 e. The minimum atomic E-state index is -0.0127. The van der Waals surface area contributed by atoms with Gasteiger partial charge in [0.25, 0.3) is 0 Å². The standard InChI is InChI=1S/C17H15ClN2OS/c18-16-6-4-13(5-7-16)11-22-12-17(21)20-10-15-3-1-2-14(8-15)9-19/h1-8H,10-12H2,(H,20,21). The number of nitrogens with one attached hydrogen (secondary N) is 1. The minimum absolute atomic E-state index is 0.0127. The highest BCUT2D eigenvalue weighted by atomic mass is 35.5. The van der Waals surface area contributed by atoms with Crippen LogP contribution in [0.2, 0.25) is 5.02 Å². The molecule has 2 aromatic rings. The maximum absolute atomic E-state index is 11.8.